The van der Waals surface area contributed by atoms with Gasteiger partial charge < -0.3 is 24.6 Å². The minimum absolute atomic E-state index is 0.144. The number of rotatable bonds is 6. The molecule has 35 heavy (non-hydrogen) atoms. The van der Waals surface area contributed by atoms with Crippen molar-refractivity contribution in [2.24, 2.45) is 0 Å². The van der Waals surface area contributed by atoms with Crippen molar-refractivity contribution in [3.63, 3.8) is 0 Å². The van der Waals surface area contributed by atoms with Crippen molar-refractivity contribution >= 4 is 17.5 Å². The molecule has 4 rings (SSSR count). The van der Waals surface area contributed by atoms with Crippen LogP contribution in [0.1, 0.15) is 29.1 Å². The Morgan fingerprint density at radius 3 is 2.51 bits per heavy atom. The number of aryl methyl sites for hydroxylation is 2. The lowest BCUT2D eigenvalue weighted by atomic mass is 10.0. The van der Waals surface area contributed by atoms with Crippen LogP contribution in [0.2, 0.25) is 0 Å². The Balaban J connectivity index is 1.49. The van der Waals surface area contributed by atoms with Crippen LogP contribution >= 0.6 is 0 Å². The Morgan fingerprint density at radius 1 is 0.971 bits per heavy atom. The van der Waals surface area contributed by atoms with E-state index in [1.54, 1.807) is 32.4 Å². The molecule has 1 saturated heterocycles. The second kappa shape index (κ2) is 11.1. The SMILES string of the molecule is COc1ccc(NC(=O)N2CCCN(c3nc(C)nc(C)c3Cc3ccccc3)CC2)c(OC)c1. The summed E-state index contributed by atoms with van der Waals surface area (Å²) >= 11 is 0. The monoisotopic (exact) mass is 475 g/mol. The van der Waals surface area contributed by atoms with Crippen LogP contribution in [0.4, 0.5) is 16.3 Å². The van der Waals surface area contributed by atoms with Gasteiger partial charge in [0.05, 0.1) is 19.9 Å². The van der Waals surface area contributed by atoms with Crippen molar-refractivity contribution in [1.29, 1.82) is 0 Å². The lowest BCUT2D eigenvalue weighted by Crippen LogP contribution is -2.38. The maximum atomic E-state index is 13.1. The van der Waals surface area contributed by atoms with Crippen molar-refractivity contribution in [1.82, 2.24) is 14.9 Å². The number of carbonyl (C=O) groups excluding carboxylic acids is 1. The smallest absolute Gasteiger partial charge is 0.322 e. The Bertz CT molecular complexity index is 1170. The fourth-order valence-corrected chi connectivity index (χ4v) is 4.41. The summed E-state index contributed by atoms with van der Waals surface area (Å²) in [5.41, 5.74) is 3.99. The van der Waals surface area contributed by atoms with E-state index in [1.165, 1.54) is 5.56 Å². The number of nitrogens with zero attached hydrogens (tertiary/aromatic N) is 4. The molecule has 0 saturated carbocycles. The van der Waals surface area contributed by atoms with Gasteiger partial charge >= 0.3 is 6.03 Å². The lowest BCUT2D eigenvalue weighted by molar-refractivity contribution is 0.215. The number of amides is 2. The standard InChI is InChI=1S/C27H33N5O3/c1-19-23(17-21-9-6-5-7-10-21)26(29-20(2)28-19)31-13-8-14-32(16-15-31)27(33)30-24-12-11-22(34-3)18-25(24)35-4/h5-7,9-12,18H,8,13-17H2,1-4H3,(H,30,33). The fourth-order valence-electron chi connectivity index (χ4n) is 4.41. The highest BCUT2D eigenvalue weighted by Crippen LogP contribution is 2.30. The van der Waals surface area contributed by atoms with E-state index < -0.39 is 0 Å². The van der Waals surface area contributed by atoms with Crippen LogP contribution in [0.15, 0.2) is 48.5 Å². The molecule has 0 spiro atoms. The van der Waals surface area contributed by atoms with E-state index in [0.717, 1.165) is 42.3 Å². The van der Waals surface area contributed by atoms with Gasteiger partial charge in [0.1, 0.15) is 23.1 Å². The molecular formula is C27H33N5O3. The van der Waals surface area contributed by atoms with Crippen molar-refractivity contribution in [2.45, 2.75) is 26.7 Å². The molecular weight excluding hydrogens is 442 g/mol. The third-order valence-corrected chi connectivity index (χ3v) is 6.26. The second-order valence-corrected chi connectivity index (χ2v) is 8.64. The summed E-state index contributed by atoms with van der Waals surface area (Å²) in [6, 6.07) is 15.6. The van der Waals surface area contributed by atoms with Gasteiger partial charge in [0.2, 0.25) is 0 Å². The van der Waals surface area contributed by atoms with E-state index >= 15 is 0 Å². The summed E-state index contributed by atoms with van der Waals surface area (Å²) in [6.45, 7) is 6.77. The molecule has 0 bridgehead atoms. The van der Waals surface area contributed by atoms with Gasteiger partial charge in [0.15, 0.2) is 0 Å². The molecule has 8 nitrogen and oxygen atoms in total. The molecule has 184 valence electrons. The second-order valence-electron chi connectivity index (χ2n) is 8.64. The fraction of sp³-hybridized carbons (Fsp3) is 0.370. The topological polar surface area (TPSA) is 79.8 Å². The highest BCUT2D eigenvalue weighted by molar-refractivity contribution is 5.91. The largest absolute Gasteiger partial charge is 0.497 e. The van der Waals surface area contributed by atoms with E-state index in [4.69, 9.17) is 14.5 Å². The highest BCUT2D eigenvalue weighted by Gasteiger charge is 2.23. The van der Waals surface area contributed by atoms with Gasteiger partial charge in [-0.05, 0) is 38.0 Å². The molecule has 1 aliphatic heterocycles. The number of ether oxygens (including phenoxy) is 2. The van der Waals surface area contributed by atoms with Gasteiger partial charge in [-0.15, -0.1) is 0 Å². The summed E-state index contributed by atoms with van der Waals surface area (Å²) < 4.78 is 10.7. The number of anilines is 2. The number of methoxy groups -OCH3 is 2. The summed E-state index contributed by atoms with van der Waals surface area (Å²) in [5.74, 6) is 2.97. The van der Waals surface area contributed by atoms with Crippen molar-refractivity contribution in [2.75, 3.05) is 50.6 Å². The van der Waals surface area contributed by atoms with Crippen LogP contribution in [-0.2, 0) is 6.42 Å². The summed E-state index contributed by atoms with van der Waals surface area (Å²) in [5, 5.41) is 2.99. The molecule has 1 aromatic heterocycles. The Labute approximate surface area is 206 Å². The first kappa shape index (κ1) is 24.3. The molecule has 1 fully saturated rings. The molecule has 2 aromatic carbocycles. The average Bonchev–Trinajstić information content (AvgIpc) is 3.13. The third-order valence-electron chi connectivity index (χ3n) is 6.26. The van der Waals surface area contributed by atoms with Crippen molar-refractivity contribution in [3.05, 3.63) is 71.2 Å². The van der Waals surface area contributed by atoms with Gasteiger partial charge in [0, 0.05) is 49.9 Å². The quantitative estimate of drug-likeness (QED) is 0.568. The molecule has 8 heteroatoms. The maximum Gasteiger partial charge on any atom is 0.322 e. The number of hydrogen-bond acceptors (Lipinski definition) is 6. The number of aromatic nitrogens is 2. The normalized spacial score (nSPS) is 13.8. The zero-order valence-electron chi connectivity index (χ0n) is 20.9. The molecule has 1 N–H and O–H groups in total. The van der Waals surface area contributed by atoms with E-state index in [-0.39, 0.29) is 6.03 Å². The van der Waals surface area contributed by atoms with Crippen LogP contribution in [-0.4, -0.2) is 61.3 Å². The van der Waals surface area contributed by atoms with Gasteiger partial charge in [-0.25, -0.2) is 14.8 Å². The summed E-state index contributed by atoms with van der Waals surface area (Å²) in [7, 11) is 3.18. The van der Waals surface area contributed by atoms with Crippen LogP contribution in [0.25, 0.3) is 0 Å². The molecule has 0 radical (unpaired) electrons. The zero-order valence-corrected chi connectivity index (χ0v) is 20.9. The first-order chi connectivity index (χ1) is 17.0. The molecule has 2 amide bonds. The van der Waals surface area contributed by atoms with Gasteiger partial charge in [-0.3, -0.25) is 0 Å². The maximum absolute atomic E-state index is 13.1. The number of benzene rings is 2. The van der Waals surface area contributed by atoms with E-state index in [2.05, 4.69) is 46.4 Å². The van der Waals surface area contributed by atoms with Crippen molar-refractivity contribution < 1.29 is 14.3 Å². The van der Waals surface area contributed by atoms with E-state index in [1.807, 2.05) is 17.9 Å². The highest BCUT2D eigenvalue weighted by atomic mass is 16.5. The van der Waals surface area contributed by atoms with Crippen LogP contribution in [0, 0.1) is 13.8 Å². The predicted molar refractivity (Wildman–Crippen MR) is 138 cm³/mol. The average molecular weight is 476 g/mol. The molecule has 2 heterocycles. The van der Waals surface area contributed by atoms with Crippen LogP contribution < -0.4 is 19.7 Å². The summed E-state index contributed by atoms with van der Waals surface area (Å²) in [4.78, 5) is 26.7. The number of nitrogens with one attached hydrogen (secondary N) is 1. The minimum atomic E-state index is -0.144. The number of carbonyl (C=O) groups is 1. The number of urea groups is 1. The van der Waals surface area contributed by atoms with E-state index in [0.29, 0.717) is 36.8 Å². The minimum Gasteiger partial charge on any atom is -0.497 e. The Kier molecular flexibility index (Phi) is 7.70. The first-order valence-corrected chi connectivity index (χ1v) is 11.9. The van der Waals surface area contributed by atoms with Gasteiger partial charge in [-0.2, -0.15) is 0 Å². The molecule has 0 unspecified atom stereocenters. The van der Waals surface area contributed by atoms with Gasteiger partial charge in [-0.1, -0.05) is 30.3 Å². The zero-order chi connectivity index (χ0) is 24.8. The third kappa shape index (κ3) is 5.82. The Hall–Kier alpha value is -3.81. The van der Waals surface area contributed by atoms with Crippen LogP contribution in [0.3, 0.4) is 0 Å². The van der Waals surface area contributed by atoms with Gasteiger partial charge in [0.25, 0.3) is 0 Å². The Morgan fingerprint density at radius 2 is 1.77 bits per heavy atom. The lowest BCUT2D eigenvalue weighted by Gasteiger charge is -2.26. The number of hydrogen-bond donors (Lipinski definition) is 1. The molecule has 3 aromatic rings. The summed E-state index contributed by atoms with van der Waals surface area (Å²) in [6.07, 6.45) is 1.63. The first-order valence-electron chi connectivity index (χ1n) is 11.9. The molecule has 0 aliphatic carbocycles. The molecule has 0 atom stereocenters. The molecule has 1 aliphatic rings. The van der Waals surface area contributed by atoms with Crippen molar-refractivity contribution in [3.8, 4) is 11.5 Å². The van der Waals surface area contributed by atoms with E-state index in [9.17, 15) is 4.79 Å². The predicted octanol–water partition coefficient (Wildman–Crippen LogP) is 4.45. The van der Waals surface area contributed by atoms with Crippen LogP contribution in [0.5, 0.6) is 11.5 Å².